The standard InChI is InChI=1S/C19H22N2OS/c1-13(19(22)21-17-8-3-4-9-18(17)23-2)20-16-11-10-14-6-5-7-15(14)12-16/h3-4,8-13,20H,5-7H2,1-2H3,(H,21,22)/t13-/m1/s1. The number of carbonyl (C=O) groups is 1. The molecule has 120 valence electrons. The van der Waals surface area contributed by atoms with E-state index in [9.17, 15) is 4.79 Å². The molecule has 0 bridgehead atoms. The summed E-state index contributed by atoms with van der Waals surface area (Å²) in [5, 5.41) is 6.32. The van der Waals surface area contributed by atoms with Gasteiger partial charge in [-0.3, -0.25) is 4.79 Å². The van der Waals surface area contributed by atoms with E-state index in [0.29, 0.717) is 0 Å². The Bertz CT molecular complexity index is 714. The zero-order chi connectivity index (χ0) is 16.2. The topological polar surface area (TPSA) is 41.1 Å². The minimum Gasteiger partial charge on any atom is -0.374 e. The molecule has 1 aliphatic rings. The molecule has 3 rings (SSSR count). The predicted molar refractivity (Wildman–Crippen MR) is 98.4 cm³/mol. The summed E-state index contributed by atoms with van der Waals surface area (Å²) in [6.45, 7) is 1.89. The minimum absolute atomic E-state index is 0.0213. The molecule has 0 heterocycles. The number of aryl methyl sites for hydroxylation is 2. The number of carbonyl (C=O) groups excluding carboxylic acids is 1. The Morgan fingerprint density at radius 2 is 1.91 bits per heavy atom. The molecule has 1 aliphatic carbocycles. The van der Waals surface area contributed by atoms with Gasteiger partial charge in [0.2, 0.25) is 5.91 Å². The Morgan fingerprint density at radius 3 is 2.74 bits per heavy atom. The van der Waals surface area contributed by atoms with Crippen LogP contribution >= 0.6 is 11.8 Å². The van der Waals surface area contributed by atoms with E-state index in [4.69, 9.17) is 0 Å². The van der Waals surface area contributed by atoms with E-state index in [2.05, 4.69) is 28.8 Å². The number of fused-ring (bicyclic) bond motifs is 1. The Hall–Kier alpha value is -1.94. The monoisotopic (exact) mass is 326 g/mol. The summed E-state index contributed by atoms with van der Waals surface area (Å²) in [5.41, 5.74) is 4.75. The fraction of sp³-hybridized carbons (Fsp3) is 0.316. The second-order valence-corrected chi connectivity index (χ2v) is 6.74. The number of amides is 1. The molecule has 1 atom stereocenters. The molecule has 0 spiro atoms. The van der Waals surface area contributed by atoms with E-state index < -0.39 is 0 Å². The fourth-order valence-corrected chi connectivity index (χ4v) is 3.52. The largest absolute Gasteiger partial charge is 0.374 e. The van der Waals surface area contributed by atoms with Crippen LogP contribution in [0, 0.1) is 0 Å². The highest BCUT2D eigenvalue weighted by Crippen LogP contribution is 2.26. The van der Waals surface area contributed by atoms with Gasteiger partial charge in [-0.15, -0.1) is 11.8 Å². The van der Waals surface area contributed by atoms with Crippen LogP contribution in [0.4, 0.5) is 11.4 Å². The lowest BCUT2D eigenvalue weighted by atomic mass is 10.1. The van der Waals surface area contributed by atoms with Crippen molar-refractivity contribution in [1.82, 2.24) is 0 Å². The molecule has 2 N–H and O–H groups in total. The summed E-state index contributed by atoms with van der Waals surface area (Å²) < 4.78 is 0. The SMILES string of the molecule is CSc1ccccc1NC(=O)[C@@H](C)Nc1ccc2c(c1)CCC2. The van der Waals surface area contributed by atoms with Gasteiger partial charge >= 0.3 is 0 Å². The van der Waals surface area contributed by atoms with Crippen molar-refractivity contribution in [3.63, 3.8) is 0 Å². The smallest absolute Gasteiger partial charge is 0.246 e. The molecular formula is C19H22N2OS. The van der Waals surface area contributed by atoms with Crippen molar-refractivity contribution in [1.29, 1.82) is 0 Å². The molecule has 4 heteroatoms. The lowest BCUT2D eigenvalue weighted by molar-refractivity contribution is -0.116. The number of rotatable bonds is 5. The maximum absolute atomic E-state index is 12.4. The van der Waals surface area contributed by atoms with E-state index in [1.807, 2.05) is 37.4 Å². The van der Waals surface area contributed by atoms with Gasteiger partial charge in [0.1, 0.15) is 6.04 Å². The van der Waals surface area contributed by atoms with Crippen LogP contribution in [0.1, 0.15) is 24.5 Å². The third-order valence-electron chi connectivity index (χ3n) is 4.24. The number of nitrogens with one attached hydrogen (secondary N) is 2. The molecule has 23 heavy (non-hydrogen) atoms. The quantitative estimate of drug-likeness (QED) is 0.803. The number of para-hydroxylation sites is 1. The molecule has 0 aliphatic heterocycles. The lowest BCUT2D eigenvalue weighted by Gasteiger charge is -2.17. The minimum atomic E-state index is -0.288. The first-order valence-corrected chi connectivity index (χ1v) is 9.22. The van der Waals surface area contributed by atoms with Crippen molar-refractivity contribution in [3.05, 3.63) is 53.6 Å². The average molecular weight is 326 g/mol. The summed E-state index contributed by atoms with van der Waals surface area (Å²) in [6.07, 6.45) is 5.57. The van der Waals surface area contributed by atoms with Crippen LogP contribution in [-0.2, 0) is 17.6 Å². The number of hydrogen-bond donors (Lipinski definition) is 2. The maximum Gasteiger partial charge on any atom is 0.246 e. The maximum atomic E-state index is 12.4. The fourth-order valence-electron chi connectivity index (χ4n) is 2.97. The Labute approximate surface area is 141 Å². The van der Waals surface area contributed by atoms with Gasteiger partial charge in [0.15, 0.2) is 0 Å². The van der Waals surface area contributed by atoms with Crippen molar-refractivity contribution in [3.8, 4) is 0 Å². The third kappa shape index (κ3) is 3.70. The zero-order valence-corrected chi connectivity index (χ0v) is 14.4. The van der Waals surface area contributed by atoms with Crippen LogP contribution in [0.15, 0.2) is 47.4 Å². The van der Waals surface area contributed by atoms with Gasteiger partial charge in [-0.25, -0.2) is 0 Å². The number of anilines is 2. The summed E-state index contributed by atoms with van der Waals surface area (Å²) >= 11 is 1.63. The van der Waals surface area contributed by atoms with Crippen LogP contribution in [0.3, 0.4) is 0 Å². The summed E-state index contributed by atoms with van der Waals surface area (Å²) in [4.78, 5) is 13.5. The van der Waals surface area contributed by atoms with Crippen LogP contribution in [0.5, 0.6) is 0 Å². The van der Waals surface area contributed by atoms with E-state index in [1.54, 1.807) is 11.8 Å². The van der Waals surface area contributed by atoms with Gasteiger partial charge in [0, 0.05) is 10.6 Å². The average Bonchev–Trinajstić information content (AvgIpc) is 3.03. The normalized spacial score (nSPS) is 14.2. The van der Waals surface area contributed by atoms with Crippen LogP contribution in [0.25, 0.3) is 0 Å². The van der Waals surface area contributed by atoms with Gasteiger partial charge in [-0.1, -0.05) is 18.2 Å². The molecule has 3 nitrogen and oxygen atoms in total. The van der Waals surface area contributed by atoms with Crippen molar-refractivity contribution < 1.29 is 4.79 Å². The molecule has 0 radical (unpaired) electrons. The van der Waals surface area contributed by atoms with E-state index in [1.165, 1.54) is 24.0 Å². The number of benzene rings is 2. The van der Waals surface area contributed by atoms with Gasteiger partial charge in [-0.05, 0) is 67.8 Å². The first kappa shape index (κ1) is 15.9. The van der Waals surface area contributed by atoms with Crippen molar-refractivity contribution in [2.45, 2.75) is 37.1 Å². The summed E-state index contributed by atoms with van der Waals surface area (Å²) in [5.74, 6) is -0.0213. The molecule has 2 aromatic carbocycles. The Morgan fingerprint density at radius 1 is 1.13 bits per heavy atom. The van der Waals surface area contributed by atoms with E-state index in [-0.39, 0.29) is 11.9 Å². The van der Waals surface area contributed by atoms with Crippen LogP contribution < -0.4 is 10.6 Å². The van der Waals surface area contributed by atoms with Gasteiger partial charge < -0.3 is 10.6 Å². The molecule has 0 saturated carbocycles. The third-order valence-corrected chi connectivity index (χ3v) is 5.04. The van der Waals surface area contributed by atoms with Crippen molar-refractivity contribution in [2.75, 3.05) is 16.9 Å². The molecule has 0 saturated heterocycles. The summed E-state index contributed by atoms with van der Waals surface area (Å²) in [6, 6.07) is 14.0. The van der Waals surface area contributed by atoms with Crippen LogP contribution in [-0.4, -0.2) is 18.2 Å². The molecule has 0 unspecified atom stereocenters. The lowest BCUT2D eigenvalue weighted by Crippen LogP contribution is -2.32. The Balaban J connectivity index is 1.66. The molecule has 0 fully saturated rings. The second kappa shape index (κ2) is 7.09. The highest BCUT2D eigenvalue weighted by Gasteiger charge is 2.16. The number of hydrogen-bond acceptors (Lipinski definition) is 3. The predicted octanol–water partition coefficient (Wildman–Crippen LogP) is 4.34. The zero-order valence-electron chi connectivity index (χ0n) is 13.6. The van der Waals surface area contributed by atoms with Gasteiger partial charge in [-0.2, -0.15) is 0 Å². The van der Waals surface area contributed by atoms with Gasteiger partial charge in [0.05, 0.1) is 5.69 Å². The first-order chi connectivity index (χ1) is 11.2. The van der Waals surface area contributed by atoms with E-state index in [0.717, 1.165) is 22.7 Å². The van der Waals surface area contributed by atoms with Crippen molar-refractivity contribution >= 4 is 29.0 Å². The Kier molecular flexibility index (Phi) is 4.91. The second-order valence-electron chi connectivity index (χ2n) is 5.89. The molecular weight excluding hydrogens is 304 g/mol. The highest BCUT2D eigenvalue weighted by atomic mass is 32.2. The van der Waals surface area contributed by atoms with Gasteiger partial charge in [0.25, 0.3) is 0 Å². The van der Waals surface area contributed by atoms with E-state index >= 15 is 0 Å². The molecule has 2 aromatic rings. The highest BCUT2D eigenvalue weighted by molar-refractivity contribution is 7.98. The van der Waals surface area contributed by atoms with Crippen molar-refractivity contribution in [2.24, 2.45) is 0 Å². The first-order valence-electron chi connectivity index (χ1n) is 7.99. The molecule has 0 aromatic heterocycles. The summed E-state index contributed by atoms with van der Waals surface area (Å²) in [7, 11) is 0. The van der Waals surface area contributed by atoms with Crippen LogP contribution in [0.2, 0.25) is 0 Å². The molecule has 1 amide bonds. The number of thioether (sulfide) groups is 1.